The van der Waals surface area contributed by atoms with E-state index in [4.69, 9.17) is 10.5 Å². The maximum absolute atomic E-state index is 9.09. The Morgan fingerprint density at radius 2 is 2.07 bits per heavy atom. The van der Waals surface area contributed by atoms with E-state index in [-0.39, 0.29) is 5.70 Å². The van der Waals surface area contributed by atoms with Crippen molar-refractivity contribution in [3.8, 4) is 6.07 Å². The fourth-order valence-electron chi connectivity index (χ4n) is 1.18. The van der Waals surface area contributed by atoms with E-state index in [1.165, 1.54) is 0 Å². The lowest BCUT2D eigenvalue weighted by Gasteiger charge is -2.01. The predicted octanol–water partition coefficient (Wildman–Crippen LogP) is 1.02. The summed E-state index contributed by atoms with van der Waals surface area (Å²) in [7, 11) is 0. The summed E-state index contributed by atoms with van der Waals surface area (Å²) in [4.78, 5) is 4.57. The van der Waals surface area contributed by atoms with Gasteiger partial charge in [-0.25, -0.2) is 5.48 Å². The van der Waals surface area contributed by atoms with E-state index < -0.39 is 0 Å². The summed E-state index contributed by atoms with van der Waals surface area (Å²) in [6, 6.07) is 11.0. The summed E-state index contributed by atoms with van der Waals surface area (Å²) >= 11 is 0. The molecule has 0 atom stereocenters. The highest BCUT2D eigenvalue weighted by atomic mass is 17.0. The van der Waals surface area contributed by atoms with Gasteiger partial charge in [0, 0.05) is 5.56 Å². The average Bonchev–Trinajstić information content (AvgIpc) is 2.61. The molecule has 0 radical (unpaired) electrons. The van der Waals surface area contributed by atoms with Crippen molar-refractivity contribution in [1.82, 2.24) is 10.7 Å². The van der Waals surface area contributed by atoms with Crippen LogP contribution >= 0.6 is 0 Å². The number of nitrogens with one attached hydrogen (secondary N) is 1. The molecular weight excluding hydrogens is 182 g/mol. The minimum absolute atomic E-state index is 0.0381. The Labute approximate surface area is 80.3 Å². The Morgan fingerprint density at radius 3 is 2.71 bits per heavy atom. The lowest BCUT2D eigenvalue weighted by Crippen LogP contribution is -2.15. The third kappa shape index (κ3) is 1.29. The molecule has 1 aromatic rings. The first-order chi connectivity index (χ1) is 6.83. The smallest absolute Gasteiger partial charge is 0.200 e. The molecule has 5 heteroatoms. The number of hydrogen-bond donors (Lipinski definition) is 2. The molecule has 5 nitrogen and oxygen atoms in total. The van der Waals surface area contributed by atoms with Gasteiger partial charge in [0.15, 0.2) is 5.70 Å². The van der Waals surface area contributed by atoms with E-state index in [1.807, 2.05) is 36.4 Å². The van der Waals surface area contributed by atoms with Crippen LogP contribution < -0.4 is 5.48 Å². The molecule has 1 aliphatic heterocycles. The van der Waals surface area contributed by atoms with Crippen molar-refractivity contribution >= 4 is 5.70 Å². The Kier molecular flexibility index (Phi) is 2.07. The highest BCUT2D eigenvalue weighted by Gasteiger charge is 2.23. The van der Waals surface area contributed by atoms with Gasteiger partial charge in [-0.05, 0) is 0 Å². The second-order valence-corrected chi connectivity index (χ2v) is 2.67. The quantitative estimate of drug-likeness (QED) is 0.690. The number of nitriles is 1. The van der Waals surface area contributed by atoms with Gasteiger partial charge in [-0.15, -0.1) is 4.94 Å². The largest absolute Gasteiger partial charge is 0.261 e. The van der Waals surface area contributed by atoms with Crippen LogP contribution in [0.5, 0.6) is 0 Å². The number of nitrogens with zero attached hydrogens (tertiary/aromatic N) is 2. The van der Waals surface area contributed by atoms with Crippen LogP contribution in [0.15, 0.2) is 36.0 Å². The van der Waals surface area contributed by atoms with Crippen molar-refractivity contribution < 1.29 is 10.1 Å². The monoisotopic (exact) mass is 189 g/mol. The van der Waals surface area contributed by atoms with Crippen LogP contribution in [-0.2, 0) is 4.94 Å². The number of hydroxylamine groups is 3. The van der Waals surface area contributed by atoms with E-state index >= 15 is 0 Å². The van der Waals surface area contributed by atoms with Crippen molar-refractivity contribution in [3.63, 3.8) is 0 Å². The third-order valence-corrected chi connectivity index (χ3v) is 1.83. The summed E-state index contributed by atoms with van der Waals surface area (Å²) in [5.41, 5.74) is 3.73. The maximum Gasteiger partial charge on any atom is 0.200 e. The highest BCUT2D eigenvalue weighted by molar-refractivity contribution is 5.69. The lowest BCUT2D eigenvalue weighted by atomic mass is 10.1. The molecular formula is C9H7N3O2. The van der Waals surface area contributed by atoms with Crippen LogP contribution in [0.4, 0.5) is 0 Å². The zero-order valence-electron chi connectivity index (χ0n) is 7.14. The molecule has 70 valence electrons. The van der Waals surface area contributed by atoms with E-state index in [1.54, 1.807) is 0 Å². The van der Waals surface area contributed by atoms with Gasteiger partial charge in [0.25, 0.3) is 0 Å². The van der Waals surface area contributed by atoms with Crippen LogP contribution in [-0.4, -0.2) is 10.4 Å². The molecule has 0 aliphatic carbocycles. The fourth-order valence-corrected chi connectivity index (χ4v) is 1.18. The molecule has 0 saturated heterocycles. The molecule has 2 rings (SSSR count). The van der Waals surface area contributed by atoms with Gasteiger partial charge < -0.3 is 0 Å². The maximum atomic E-state index is 9.09. The molecule has 0 spiro atoms. The van der Waals surface area contributed by atoms with Crippen LogP contribution in [0.2, 0.25) is 0 Å². The van der Waals surface area contributed by atoms with Crippen molar-refractivity contribution in [2.75, 3.05) is 0 Å². The Morgan fingerprint density at radius 1 is 1.36 bits per heavy atom. The van der Waals surface area contributed by atoms with E-state index in [9.17, 15) is 0 Å². The second-order valence-electron chi connectivity index (χ2n) is 2.67. The number of hydrogen-bond acceptors (Lipinski definition) is 5. The molecule has 1 aromatic carbocycles. The lowest BCUT2D eigenvalue weighted by molar-refractivity contribution is -0.320. The molecule has 0 saturated carbocycles. The normalized spacial score (nSPS) is 15.3. The van der Waals surface area contributed by atoms with Gasteiger partial charge in [0.2, 0.25) is 0 Å². The highest BCUT2D eigenvalue weighted by Crippen LogP contribution is 2.22. The second kappa shape index (κ2) is 3.38. The van der Waals surface area contributed by atoms with E-state index in [0.29, 0.717) is 10.9 Å². The van der Waals surface area contributed by atoms with Gasteiger partial charge in [-0.3, -0.25) is 5.21 Å². The number of benzene rings is 1. The zero-order valence-corrected chi connectivity index (χ0v) is 7.14. The number of allylic oxidation sites excluding steroid dienone is 1. The van der Waals surface area contributed by atoms with Crippen molar-refractivity contribution in [2.45, 2.75) is 0 Å². The van der Waals surface area contributed by atoms with E-state index in [0.717, 1.165) is 5.56 Å². The van der Waals surface area contributed by atoms with Gasteiger partial charge >= 0.3 is 0 Å². The van der Waals surface area contributed by atoms with Crippen LogP contribution in [0.25, 0.3) is 5.70 Å². The van der Waals surface area contributed by atoms with Crippen LogP contribution in [0.1, 0.15) is 5.56 Å². The Balaban J connectivity index is 2.45. The Bertz CT molecular complexity index is 408. The Hall–Kier alpha value is -2.03. The van der Waals surface area contributed by atoms with Gasteiger partial charge in [0.05, 0.1) is 0 Å². The zero-order chi connectivity index (χ0) is 9.97. The third-order valence-electron chi connectivity index (χ3n) is 1.83. The molecule has 14 heavy (non-hydrogen) atoms. The minimum Gasteiger partial charge on any atom is -0.261 e. The number of rotatable bonds is 1. The van der Waals surface area contributed by atoms with Crippen molar-refractivity contribution in [2.24, 2.45) is 0 Å². The van der Waals surface area contributed by atoms with E-state index in [2.05, 4.69) is 10.4 Å². The first-order valence-electron chi connectivity index (χ1n) is 3.94. The summed E-state index contributed by atoms with van der Waals surface area (Å²) in [6.07, 6.45) is 0. The molecule has 1 heterocycles. The molecule has 0 fully saturated rings. The predicted molar refractivity (Wildman–Crippen MR) is 46.8 cm³/mol. The van der Waals surface area contributed by atoms with Crippen molar-refractivity contribution in [1.29, 1.82) is 5.26 Å². The molecule has 2 N–H and O–H groups in total. The topological polar surface area (TPSA) is 68.5 Å². The first kappa shape index (κ1) is 8.56. The standard InChI is InChI=1S/C9H7N3O2/c10-6-8-9(11-14-12(8)13)7-4-2-1-3-5-7/h1-5,11,13H. The van der Waals surface area contributed by atoms with Crippen LogP contribution in [0.3, 0.4) is 0 Å². The van der Waals surface area contributed by atoms with Gasteiger partial charge in [-0.1, -0.05) is 35.6 Å². The summed E-state index contributed by atoms with van der Waals surface area (Å²) in [6.45, 7) is 0. The van der Waals surface area contributed by atoms with Crippen molar-refractivity contribution in [3.05, 3.63) is 41.6 Å². The summed E-state index contributed by atoms with van der Waals surface area (Å²) < 4.78 is 0. The average molecular weight is 189 g/mol. The summed E-state index contributed by atoms with van der Waals surface area (Å²) in [5, 5.41) is 18.2. The molecule has 0 bridgehead atoms. The summed E-state index contributed by atoms with van der Waals surface area (Å²) in [5.74, 6) is 0. The SMILES string of the molecule is N#CC1=C(c2ccccc2)NON1O. The van der Waals surface area contributed by atoms with Gasteiger partial charge in [0.1, 0.15) is 11.8 Å². The van der Waals surface area contributed by atoms with Gasteiger partial charge in [-0.2, -0.15) is 5.26 Å². The molecule has 0 unspecified atom stereocenters. The first-order valence-corrected chi connectivity index (χ1v) is 3.94. The minimum atomic E-state index is 0.0381. The van der Waals surface area contributed by atoms with Crippen LogP contribution in [0, 0.1) is 11.3 Å². The molecule has 0 aromatic heterocycles. The molecule has 1 aliphatic rings. The fraction of sp³-hybridized carbons (Fsp3) is 0. The molecule has 0 amide bonds.